The van der Waals surface area contributed by atoms with Crippen molar-refractivity contribution in [3.8, 4) is 0 Å². The Hall–Kier alpha value is -1.92. The van der Waals surface area contributed by atoms with E-state index < -0.39 is 12.1 Å². The highest BCUT2D eigenvalue weighted by Crippen LogP contribution is 2.19. The van der Waals surface area contributed by atoms with Crippen LogP contribution in [0.2, 0.25) is 0 Å². The second-order valence-corrected chi connectivity index (χ2v) is 26.0. The number of allylic oxidation sites excluding steroid dienone is 6. The van der Waals surface area contributed by atoms with Crippen molar-refractivity contribution in [2.24, 2.45) is 0 Å². The fraction of sp³-hybridized carbons (Fsp3) is 0.896. The summed E-state index contributed by atoms with van der Waals surface area (Å²) < 4.78 is 5.51. The molecule has 0 spiro atoms. The first-order chi connectivity index (χ1) is 41.0. The van der Waals surface area contributed by atoms with Gasteiger partial charge in [-0.15, -0.1) is 0 Å². The standard InChI is InChI=1S/C77H147NO5/c1-3-5-7-9-11-13-14-15-16-17-42-45-48-51-55-59-63-67-71-77(82)83-72-68-64-60-56-52-49-46-43-40-38-36-34-32-30-28-26-24-22-20-18-19-21-23-25-27-29-31-33-35-37-39-41-44-47-50-54-58-62-66-70-76(81)78-74(73-79)75(80)69-65-61-57-53-12-10-8-6-4-2/h16-19,22,24,74-75,79-80H,3-15,20-21,23,25-73H2,1-2H3,(H,78,81)/b17-16-,19-18-,24-22-. The van der Waals surface area contributed by atoms with Gasteiger partial charge in [-0.2, -0.15) is 0 Å². The lowest BCUT2D eigenvalue weighted by Gasteiger charge is -2.22. The summed E-state index contributed by atoms with van der Waals surface area (Å²) in [5.74, 6) is -0.0148. The van der Waals surface area contributed by atoms with Gasteiger partial charge in [-0.3, -0.25) is 9.59 Å². The van der Waals surface area contributed by atoms with E-state index in [0.29, 0.717) is 25.9 Å². The van der Waals surface area contributed by atoms with Crippen molar-refractivity contribution in [3.05, 3.63) is 36.5 Å². The number of carbonyl (C=O) groups is 2. The highest BCUT2D eigenvalue weighted by atomic mass is 16.5. The number of nitrogens with one attached hydrogen (secondary N) is 1. The van der Waals surface area contributed by atoms with E-state index in [1.165, 1.54) is 334 Å². The first-order valence-corrected chi connectivity index (χ1v) is 37.7. The molecule has 490 valence electrons. The monoisotopic (exact) mass is 1170 g/mol. The van der Waals surface area contributed by atoms with Crippen LogP contribution in [-0.4, -0.2) is 47.4 Å². The Morgan fingerprint density at radius 3 is 0.928 bits per heavy atom. The molecule has 2 atom stereocenters. The number of esters is 1. The van der Waals surface area contributed by atoms with Gasteiger partial charge in [0, 0.05) is 12.8 Å². The number of amides is 1. The SMILES string of the molecule is CCCCCCCCC/C=C\CCCCCCCCCC(=O)OCCCCCCCCCCCCCCCCC/C=C\C/C=C\CCCCCCCCCCCCCCCCCCCC(=O)NC(CO)C(O)CCCCCCCCCCC. The summed E-state index contributed by atoms with van der Waals surface area (Å²) in [5, 5.41) is 23.2. The summed E-state index contributed by atoms with van der Waals surface area (Å²) in [5.41, 5.74) is 0. The Morgan fingerprint density at radius 1 is 0.337 bits per heavy atom. The zero-order valence-electron chi connectivity index (χ0n) is 56.2. The zero-order valence-corrected chi connectivity index (χ0v) is 56.2. The van der Waals surface area contributed by atoms with Crippen molar-refractivity contribution in [2.45, 2.75) is 431 Å². The maximum atomic E-state index is 12.4. The van der Waals surface area contributed by atoms with Gasteiger partial charge < -0.3 is 20.3 Å². The molecule has 1 amide bonds. The average molecular weight is 1170 g/mol. The van der Waals surface area contributed by atoms with Gasteiger partial charge in [0.05, 0.1) is 25.4 Å². The predicted molar refractivity (Wildman–Crippen MR) is 366 cm³/mol. The Balaban J connectivity index is 3.32. The predicted octanol–water partition coefficient (Wildman–Crippen LogP) is 24.7. The maximum absolute atomic E-state index is 12.4. The fourth-order valence-electron chi connectivity index (χ4n) is 11.9. The minimum atomic E-state index is -0.660. The third-order valence-corrected chi connectivity index (χ3v) is 17.7. The molecule has 0 saturated heterocycles. The maximum Gasteiger partial charge on any atom is 0.305 e. The lowest BCUT2D eigenvalue weighted by atomic mass is 10.0. The van der Waals surface area contributed by atoms with E-state index in [0.717, 1.165) is 51.4 Å². The van der Waals surface area contributed by atoms with Crippen LogP contribution >= 0.6 is 0 Å². The van der Waals surface area contributed by atoms with Crippen LogP contribution in [0.4, 0.5) is 0 Å². The zero-order chi connectivity index (χ0) is 59.9. The average Bonchev–Trinajstić information content (AvgIpc) is 3.49. The Bertz CT molecular complexity index is 1340. The minimum absolute atomic E-state index is 0.0179. The van der Waals surface area contributed by atoms with E-state index in [1.807, 2.05) is 0 Å². The van der Waals surface area contributed by atoms with Crippen LogP contribution in [0.15, 0.2) is 36.5 Å². The molecule has 2 unspecified atom stereocenters. The van der Waals surface area contributed by atoms with Gasteiger partial charge in [0.1, 0.15) is 0 Å². The van der Waals surface area contributed by atoms with Gasteiger partial charge in [-0.05, 0) is 83.5 Å². The van der Waals surface area contributed by atoms with Gasteiger partial charge in [0.15, 0.2) is 0 Å². The largest absolute Gasteiger partial charge is 0.466 e. The van der Waals surface area contributed by atoms with E-state index in [4.69, 9.17) is 4.74 Å². The summed E-state index contributed by atoms with van der Waals surface area (Å²) in [6, 6.07) is -0.537. The van der Waals surface area contributed by atoms with Crippen LogP contribution in [0.5, 0.6) is 0 Å². The van der Waals surface area contributed by atoms with Crippen LogP contribution < -0.4 is 5.32 Å². The molecule has 6 heteroatoms. The molecule has 83 heavy (non-hydrogen) atoms. The minimum Gasteiger partial charge on any atom is -0.466 e. The van der Waals surface area contributed by atoms with Crippen LogP contribution in [0.3, 0.4) is 0 Å². The molecule has 0 heterocycles. The van der Waals surface area contributed by atoms with Crippen LogP contribution in [-0.2, 0) is 14.3 Å². The molecule has 0 aromatic carbocycles. The van der Waals surface area contributed by atoms with Crippen LogP contribution in [0.1, 0.15) is 418 Å². The van der Waals surface area contributed by atoms with Gasteiger partial charge in [-0.25, -0.2) is 0 Å². The molecule has 6 nitrogen and oxygen atoms in total. The van der Waals surface area contributed by atoms with Gasteiger partial charge in [0.2, 0.25) is 5.91 Å². The van der Waals surface area contributed by atoms with Crippen molar-refractivity contribution >= 4 is 11.9 Å². The fourth-order valence-corrected chi connectivity index (χ4v) is 11.9. The second-order valence-electron chi connectivity index (χ2n) is 26.0. The normalized spacial score (nSPS) is 12.7. The van der Waals surface area contributed by atoms with E-state index in [-0.39, 0.29) is 18.5 Å². The van der Waals surface area contributed by atoms with Crippen molar-refractivity contribution < 1.29 is 24.5 Å². The molecule has 0 saturated carbocycles. The highest BCUT2D eigenvalue weighted by Gasteiger charge is 2.20. The molecule has 0 aliphatic rings. The topological polar surface area (TPSA) is 95.9 Å². The first kappa shape index (κ1) is 81.1. The summed E-state index contributed by atoms with van der Waals surface area (Å²) in [7, 11) is 0. The smallest absolute Gasteiger partial charge is 0.305 e. The molecular weight excluding hydrogens is 1020 g/mol. The summed E-state index contributed by atoms with van der Waals surface area (Å²) in [6.45, 7) is 4.96. The Labute approximate surface area is 519 Å². The second kappa shape index (κ2) is 72.6. The van der Waals surface area contributed by atoms with Crippen molar-refractivity contribution in [1.82, 2.24) is 5.32 Å². The number of aliphatic hydroxyl groups is 2. The molecule has 0 aliphatic heterocycles. The number of ether oxygens (including phenoxy) is 1. The van der Waals surface area contributed by atoms with Crippen molar-refractivity contribution in [1.29, 1.82) is 0 Å². The number of aliphatic hydroxyl groups excluding tert-OH is 2. The van der Waals surface area contributed by atoms with Crippen molar-refractivity contribution in [2.75, 3.05) is 13.2 Å². The summed E-state index contributed by atoms with van der Waals surface area (Å²) >= 11 is 0. The summed E-state index contributed by atoms with van der Waals surface area (Å²) in [6.07, 6.45) is 93.9. The molecule has 3 N–H and O–H groups in total. The van der Waals surface area contributed by atoms with Crippen LogP contribution in [0, 0.1) is 0 Å². The summed E-state index contributed by atoms with van der Waals surface area (Å²) in [4.78, 5) is 24.5. The third-order valence-electron chi connectivity index (χ3n) is 17.7. The van der Waals surface area contributed by atoms with E-state index in [1.54, 1.807) is 0 Å². The van der Waals surface area contributed by atoms with Gasteiger partial charge >= 0.3 is 5.97 Å². The van der Waals surface area contributed by atoms with E-state index in [9.17, 15) is 19.8 Å². The quantitative estimate of drug-likeness (QED) is 0.0320. The molecule has 0 aliphatic carbocycles. The lowest BCUT2D eigenvalue weighted by molar-refractivity contribution is -0.143. The number of hydrogen-bond acceptors (Lipinski definition) is 5. The highest BCUT2D eigenvalue weighted by molar-refractivity contribution is 5.76. The molecule has 0 radical (unpaired) electrons. The number of unbranched alkanes of at least 4 members (excludes halogenated alkanes) is 54. The molecule has 0 aromatic rings. The van der Waals surface area contributed by atoms with E-state index >= 15 is 0 Å². The lowest BCUT2D eigenvalue weighted by Crippen LogP contribution is -2.45. The molecular formula is C77H147NO5. The third kappa shape index (κ3) is 69.1. The molecule has 0 bridgehead atoms. The number of hydrogen-bond donors (Lipinski definition) is 3. The first-order valence-electron chi connectivity index (χ1n) is 37.7. The van der Waals surface area contributed by atoms with Gasteiger partial charge in [0.25, 0.3) is 0 Å². The number of rotatable bonds is 71. The molecule has 0 aromatic heterocycles. The number of carbonyl (C=O) groups excluding carboxylic acids is 2. The molecule has 0 fully saturated rings. The van der Waals surface area contributed by atoms with Crippen LogP contribution in [0.25, 0.3) is 0 Å². The van der Waals surface area contributed by atoms with Crippen molar-refractivity contribution in [3.63, 3.8) is 0 Å². The molecule has 0 rings (SSSR count). The van der Waals surface area contributed by atoms with E-state index in [2.05, 4.69) is 55.6 Å². The Morgan fingerprint density at radius 2 is 0.602 bits per heavy atom. The Kier molecular flexibility index (Phi) is 70.9. The van der Waals surface area contributed by atoms with Gasteiger partial charge in [-0.1, -0.05) is 359 Å².